The Labute approximate surface area is 95.4 Å². The molecular formula is C13H17FO2. The second-order valence-electron chi connectivity index (χ2n) is 4.40. The van der Waals surface area contributed by atoms with Gasteiger partial charge in [-0.3, -0.25) is 4.79 Å². The molecule has 0 aromatic heterocycles. The van der Waals surface area contributed by atoms with Crippen molar-refractivity contribution in [3.05, 3.63) is 29.6 Å². The van der Waals surface area contributed by atoms with Gasteiger partial charge < -0.3 is 4.74 Å². The summed E-state index contributed by atoms with van der Waals surface area (Å²) in [5.74, 6) is 0.487. The van der Waals surface area contributed by atoms with E-state index in [2.05, 4.69) is 13.8 Å². The molecule has 2 nitrogen and oxygen atoms in total. The number of benzene rings is 1. The molecular weight excluding hydrogens is 207 g/mol. The Morgan fingerprint density at radius 1 is 1.31 bits per heavy atom. The summed E-state index contributed by atoms with van der Waals surface area (Å²) >= 11 is 0. The molecule has 1 atom stereocenters. The van der Waals surface area contributed by atoms with E-state index in [9.17, 15) is 9.18 Å². The standard InChI is InChI=1S/C13H17FO2/c1-9(2)4-10(3)16-13-6-11(8-15)5-12(14)7-13/h5-10H,4H2,1-3H3. The molecule has 88 valence electrons. The lowest BCUT2D eigenvalue weighted by Gasteiger charge is -2.16. The molecule has 0 spiro atoms. The largest absolute Gasteiger partial charge is 0.491 e. The summed E-state index contributed by atoms with van der Waals surface area (Å²) in [7, 11) is 0. The molecule has 0 bridgehead atoms. The second-order valence-corrected chi connectivity index (χ2v) is 4.40. The van der Waals surface area contributed by atoms with Crippen LogP contribution in [-0.2, 0) is 0 Å². The summed E-state index contributed by atoms with van der Waals surface area (Å²) in [4.78, 5) is 10.6. The van der Waals surface area contributed by atoms with Crippen LogP contribution in [0.5, 0.6) is 5.75 Å². The molecule has 0 saturated carbocycles. The summed E-state index contributed by atoms with van der Waals surface area (Å²) in [5.41, 5.74) is 0.298. The number of rotatable bonds is 5. The van der Waals surface area contributed by atoms with E-state index in [1.54, 1.807) is 6.07 Å². The van der Waals surface area contributed by atoms with Gasteiger partial charge in [-0.05, 0) is 31.4 Å². The zero-order valence-corrected chi connectivity index (χ0v) is 9.87. The predicted molar refractivity (Wildman–Crippen MR) is 61.3 cm³/mol. The first-order valence-electron chi connectivity index (χ1n) is 5.43. The molecule has 0 aliphatic heterocycles. The van der Waals surface area contributed by atoms with Crippen LogP contribution in [0.4, 0.5) is 4.39 Å². The minimum atomic E-state index is -0.448. The quantitative estimate of drug-likeness (QED) is 0.716. The van der Waals surface area contributed by atoms with E-state index in [1.807, 2.05) is 6.92 Å². The number of hydrogen-bond donors (Lipinski definition) is 0. The Balaban J connectivity index is 2.72. The number of hydrogen-bond acceptors (Lipinski definition) is 2. The first-order valence-corrected chi connectivity index (χ1v) is 5.43. The van der Waals surface area contributed by atoms with Gasteiger partial charge in [-0.2, -0.15) is 0 Å². The van der Waals surface area contributed by atoms with E-state index in [1.165, 1.54) is 12.1 Å². The number of carbonyl (C=O) groups excluding carboxylic acids is 1. The van der Waals surface area contributed by atoms with Crippen LogP contribution >= 0.6 is 0 Å². The molecule has 16 heavy (non-hydrogen) atoms. The van der Waals surface area contributed by atoms with Crippen LogP contribution in [0, 0.1) is 11.7 Å². The fraction of sp³-hybridized carbons (Fsp3) is 0.462. The van der Waals surface area contributed by atoms with Crippen LogP contribution in [-0.4, -0.2) is 12.4 Å². The molecule has 0 aliphatic rings. The number of halogens is 1. The molecule has 0 N–H and O–H groups in total. The van der Waals surface area contributed by atoms with Crippen molar-refractivity contribution in [2.45, 2.75) is 33.3 Å². The predicted octanol–water partition coefficient (Wildman–Crippen LogP) is 3.45. The molecule has 0 fully saturated rings. The van der Waals surface area contributed by atoms with Gasteiger partial charge >= 0.3 is 0 Å². The van der Waals surface area contributed by atoms with Crippen molar-refractivity contribution in [3.8, 4) is 5.75 Å². The van der Waals surface area contributed by atoms with Gasteiger partial charge in [-0.25, -0.2) is 4.39 Å². The maximum atomic E-state index is 13.1. The van der Waals surface area contributed by atoms with Crippen LogP contribution in [0.15, 0.2) is 18.2 Å². The highest BCUT2D eigenvalue weighted by Gasteiger charge is 2.08. The lowest BCUT2D eigenvalue weighted by atomic mass is 10.1. The molecule has 1 rings (SSSR count). The number of carbonyl (C=O) groups is 1. The van der Waals surface area contributed by atoms with Crippen molar-refractivity contribution in [3.63, 3.8) is 0 Å². The van der Waals surface area contributed by atoms with Crippen molar-refractivity contribution >= 4 is 6.29 Å². The minimum Gasteiger partial charge on any atom is -0.491 e. The first-order chi connectivity index (χ1) is 7.51. The molecule has 0 aliphatic carbocycles. The van der Waals surface area contributed by atoms with Gasteiger partial charge in [0.25, 0.3) is 0 Å². The van der Waals surface area contributed by atoms with E-state index < -0.39 is 5.82 Å². The normalized spacial score (nSPS) is 12.6. The summed E-state index contributed by atoms with van der Waals surface area (Å²) in [6, 6.07) is 4.03. The maximum absolute atomic E-state index is 13.1. The fourth-order valence-electron chi connectivity index (χ4n) is 1.66. The SMILES string of the molecule is CC(C)CC(C)Oc1cc(F)cc(C=O)c1. The Morgan fingerprint density at radius 2 is 2.00 bits per heavy atom. The second kappa shape index (κ2) is 5.64. The summed E-state index contributed by atoms with van der Waals surface area (Å²) < 4.78 is 18.6. The molecule has 0 heterocycles. The van der Waals surface area contributed by atoms with E-state index in [0.717, 1.165) is 6.42 Å². The zero-order chi connectivity index (χ0) is 12.1. The van der Waals surface area contributed by atoms with Gasteiger partial charge in [-0.15, -0.1) is 0 Å². The van der Waals surface area contributed by atoms with Crippen molar-refractivity contribution in [2.24, 2.45) is 5.92 Å². The van der Waals surface area contributed by atoms with E-state index >= 15 is 0 Å². The van der Waals surface area contributed by atoms with Gasteiger partial charge in [0.2, 0.25) is 0 Å². The average Bonchev–Trinajstić information content (AvgIpc) is 2.14. The van der Waals surface area contributed by atoms with Crippen LogP contribution < -0.4 is 4.74 Å². The Hall–Kier alpha value is -1.38. The topological polar surface area (TPSA) is 26.3 Å². The van der Waals surface area contributed by atoms with Crippen molar-refractivity contribution < 1.29 is 13.9 Å². The number of aldehydes is 1. The van der Waals surface area contributed by atoms with Gasteiger partial charge in [0.15, 0.2) is 0 Å². The van der Waals surface area contributed by atoms with Crippen LogP contribution in [0.2, 0.25) is 0 Å². The lowest BCUT2D eigenvalue weighted by molar-refractivity contribution is 0.112. The van der Waals surface area contributed by atoms with Gasteiger partial charge in [0.1, 0.15) is 17.9 Å². The van der Waals surface area contributed by atoms with Crippen LogP contribution in [0.25, 0.3) is 0 Å². The van der Waals surface area contributed by atoms with Gasteiger partial charge in [-0.1, -0.05) is 13.8 Å². The Morgan fingerprint density at radius 3 is 2.56 bits per heavy atom. The average molecular weight is 224 g/mol. The van der Waals surface area contributed by atoms with Gasteiger partial charge in [0, 0.05) is 11.6 Å². The third-order valence-corrected chi connectivity index (χ3v) is 2.17. The zero-order valence-electron chi connectivity index (χ0n) is 9.87. The first kappa shape index (κ1) is 12.7. The fourth-order valence-corrected chi connectivity index (χ4v) is 1.66. The third kappa shape index (κ3) is 4.01. The molecule has 1 aromatic carbocycles. The van der Waals surface area contributed by atoms with Crippen molar-refractivity contribution in [1.82, 2.24) is 0 Å². The van der Waals surface area contributed by atoms with Crippen molar-refractivity contribution in [1.29, 1.82) is 0 Å². The highest BCUT2D eigenvalue weighted by Crippen LogP contribution is 2.19. The smallest absolute Gasteiger partial charge is 0.150 e. The highest BCUT2D eigenvalue weighted by atomic mass is 19.1. The van der Waals surface area contributed by atoms with Gasteiger partial charge in [0.05, 0.1) is 6.10 Å². The maximum Gasteiger partial charge on any atom is 0.150 e. The lowest BCUT2D eigenvalue weighted by Crippen LogP contribution is -2.14. The van der Waals surface area contributed by atoms with E-state index in [4.69, 9.17) is 4.74 Å². The monoisotopic (exact) mass is 224 g/mol. The Bertz CT molecular complexity index is 361. The third-order valence-electron chi connectivity index (χ3n) is 2.17. The van der Waals surface area contributed by atoms with E-state index in [-0.39, 0.29) is 6.10 Å². The molecule has 0 radical (unpaired) electrons. The Kier molecular flexibility index (Phi) is 4.47. The summed E-state index contributed by atoms with van der Waals surface area (Å²) in [6.07, 6.45) is 1.53. The van der Waals surface area contributed by atoms with Crippen LogP contribution in [0.3, 0.4) is 0 Å². The molecule has 1 unspecified atom stereocenters. The van der Waals surface area contributed by atoms with Crippen LogP contribution in [0.1, 0.15) is 37.6 Å². The minimum absolute atomic E-state index is 0.0151. The highest BCUT2D eigenvalue weighted by molar-refractivity contribution is 5.75. The van der Waals surface area contributed by atoms with Crippen molar-refractivity contribution in [2.75, 3.05) is 0 Å². The summed E-state index contributed by atoms with van der Waals surface area (Å²) in [6.45, 7) is 6.13. The molecule has 3 heteroatoms. The van der Waals surface area contributed by atoms with E-state index in [0.29, 0.717) is 23.5 Å². The molecule has 0 saturated heterocycles. The molecule has 0 amide bonds. The molecule has 1 aromatic rings. The number of ether oxygens (including phenoxy) is 1. The summed E-state index contributed by atoms with van der Waals surface area (Å²) in [5, 5.41) is 0.